The van der Waals surface area contributed by atoms with E-state index in [-0.39, 0.29) is 5.91 Å². The maximum Gasteiger partial charge on any atom is 0.223 e. The molecule has 0 saturated carbocycles. The Hall–Kier alpha value is -2.24. The number of hydrogen-bond donors (Lipinski definition) is 1. The molecule has 6 nitrogen and oxygen atoms in total. The summed E-state index contributed by atoms with van der Waals surface area (Å²) in [4.78, 5) is 17.7. The molecule has 0 bridgehead atoms. The monoisotopic (exact) mass is 290 g/mol. The lowest BCUT2D eigenvalue weighted by Crippen LogP contribution is -2.23. The van der Waals surface area contributed by atoms with Crippen molar-refractivity contribution in [1.29, 1.82) is 0 Å². The maximum absolute atomic E-state index is 11.7. The zero-order chi connectivity index (χ0) is 15.4. The molecule has 21 heavy (non-hydrogen) atoms. The largest absolute Gasteiger partial charge is 0.491 e. The number of nitrogen functional groups attached to an aromatic ring is 1. The Balaban J connectivity index is 2.28. The van der Waals surface area contributed by atoms with Crippen molar-refractivity contribution in [2.45, 2.75) is 26.3 Å². The van der Waals surface area contributed by atoms with E-state index in [4.69, 9.17) is 10.5 Å². The van der Waals surface area contributed by atoms with Crippen molar-refractivity contribution in [3.05, 3.63) is 18.2 Å². The first-order chi connectivity index (χ1) is 10.0. The van der Waals surface area contributed by atoms with E-state index in [1.165, 1.54) is 0 Å². The number of carbonyl (C=O) groups excluding carboxylic acids is 1. The third-order valence-electron chi connectivity index (χ3n) is 3.28. The molecule has 2 aromatic rings. The van der Waals surface area contributed by atoms with Crippen molar-refractivity contribution in [3.8, 4) is 5.75 Å². The van der Waals surface area contributed by atoms with Gasteiger partial charge in [0.15, 0.2) is 0 Å². The summed E-state index contributed by atoms with van der Waals surface area (Å²) in [6.45, 7) is 3.21. The van der Waals surface area contributed by atoms with Gasteiger partial charge in [-0.2, -0.15) is 0 Å². The number of nitrogens with zero attached hydrogens (tertiary/aromatic N) is 3. The van der Waals surface area contributed by atoms with Crippen LogP contribution < -0.4 is 10.5 Å². The molecule has 2 N–H and O–H groups in total. The number of carbonyl (C=O) groups is 1. The Bertz CT molecular complexity index is 634. The quantitative estimate of drug-likeness (QED) is 0.881. The second-order valence-electron chi connectivity index (χ2n) is 5.13. The summed E-state index contributed by atoms with van der Waals surface area (Å²) in [5, 5.41) is 0. The Kier molecular flexibility index (Phi) is 4.67. The van der Waals surface area contributed by atoms with Crippen molar-refractivity contribution in [2.24, 2.45) is 0 Å². The molecule has 0 spiro atoms. The molecule has 0 saturated heterocycles. The fraction of sp³-hybridized carbons (Fsp3) is 0.467. The van der Waals surface area contributed by atoms with Gasteiger partial charge in [-0.05, 0) is 18.6 Å². The number of hydrogen-bond acceptors (Lipinski definition) is 4. The zero-order valence-corrected chi connectivity index (χ0v) is 12.8. The van der Waals surface area contributed by atoms with Crippen LogP contribution in [-0.4, -0.2) is 41.1 Å². The third kappa shape index (κ3) is 3.26. The van der Waals surface area contributed by atoms with Crippen LogP contribution in [0.2, 0.25) is 0 Å². The number of ether oxygens (including phenoxy) is 1. The molecule has 0 fully saturated rings. The SMILES string of the molecule is CCCOc1cccc2c1nc(N)n2CCC(=O)N(C)C. The fourth-order valence-electron chi connectivity index (χ4n) is 2.13. The van der Waals surface area contributed by atoms with Crippen LogP contribution in [0.5, 0.6) is 5.75 Å². The number of rotatable bonds is 6. The topological polar surface area (TPSA) is 73.4 Å². The minimum Gasteiger partial charge on any atom is -0.491 e. The van der Waals surface area contributed by atoms with E-state index in [2.05, 4.69) is 11.9 Å². The number of anilines is 1. The Morgan fingerprint density at radius 3 is 2.86 bits per heavy atom. The van der Waals surface area contributed by atoms with Crippen LogP contribution in [0.25, 0.3) is 11.0 Å². The second-order valence-corrected chi connectivity index (χ2v) is 5.13. The zero-order valence-electron chi connectivity index (χ0n) is 12.8. The summed E-state index contributed by atoms with van der Waals surface area (Å²) in [6, 6.07) is 5.75. The highest BCUT2D eigenvalue weighted by molar-refractivity contribution is 5.84. The lowest BCUT2D eigenvalue weighted by Gasteiger charge is -2.11. The molecule has 114 valence electrons. The highest BCUT2D eigenvalue weighted by Crippen LogP contribution is 2.27. The van der Waals surface area contributed by atoms with Crippen molar-refractivity contribution < 1.29 is 9.53 Å². The predicted molar refractivity (Wildman–Crippen MR) is 83.2 cm³/mol. The maximum atomic E-state index is 11.7. The molecule has 0 aliphatic heterocycles. The summed E-state index contributed by atoms with van der Waals surface area (Å²) in [7, 11) is 3.49. The number of fused-ring (bicyclic) bond motifs is 1. The molecule has 0 atom stereocenters. The van der Waals surface area contributed by atoms with Gasteiger partial charge in [-0.15, -0.1) is 0 Å². The van der Waals surface area contributed by atoms with Gasteiger partial charge in [0.2, 0.25) is 11.9 Å². The van der Waals surface area contributed by atoms with Crippen molar-refractivity contribution in [1.82, 2.24) is 14.5 Å². The van der Waals surface area contributed by atoms with Crippen molar-refractivity contribution in [3.63, 3.8) is 0 Å². The first-order valence-electron chi connectivity index (χ1n) is 7.12. The number of amides is 1. The van der Waals surface area contributed by atoms with Gasteiger partial charge in [0, 0.05) is 27.1 Å². The Morgan fingerprint density at radius 1 is 1.43 bits per heavy atom. The van der Waals surface area contributed by atoms with Gasteiger partial charge < -0.3 is 19.9 Å². The van der Waals surface area contributed by atoms with Gasteiger partial charge in [0.25, 0.3) is 0 Å². The Labute approximate surface area is 124 Å². The smallest absolute Gasteiger partial charge is 0.223 e. The molecular formula is C15H22N4O2. The van der Waals surface area contributed by atoms with Crippen molar-refractivity contribution in [2.75, 3.05) is 26.4 Å². The first kappa shape index (κ1) is 15.2. The van der Waals surface area contributed by atoms with E-state index in [1.54, 1.807) is 19.0 Å². The Morgan fingerprint density at radius 2 is 2.19 bits per heavy atom. The molecule has 0 unspecified atom stereocenters. The number of imidazole rings is 1. The first-order valence-corrected chi connectivity index (χ1v) is 7.12. The van der Waals surface area contributed by atoms with E-state index >= 15 is 0 Å². The molecule has 6 heteroatoms. The van der Waals surface area contributed by atoms with Crippen LogP contribution in [0, 0.1) is 0 Å². The lowest BCUT2D eigenvalue weighted by molar-refractivity contribution is -0.128. The van der Waals surface area contributed by atoms with E-state index in [0.717, 1.165) is 23.2 Å². The van der Waals surface area contributed by atoms with Crippen LogP contribution in [0.1, 0.15) is 19.8 Å². The van der Waals surface area contributed by atoms with E-state index in [1.807, 2.05) is 22.8 Å². The molecule has 1 heterocycles. The van der Waals surface area contributed by atoms with Crippen LogP contribution in [0.3, 0.4) is 0 Å². The summed E-state index contributed by atoms with van der Waals surface area (Å²) in [5.74, 6) is 1.21. The van der Waals surface area contributed by atoms with Crippen LogP contribution in [0.4, 0.5) is 5.95 Å². The molecular weight excluding hydrogens is 268 g/mol. The average molecular weight is 290 g/mol. The number of aromatic nitrogens is 2. The number of para-hydroxylation sites is 1. The van der Waals surface area contributed by atoms with Gasteiger partial charge in [0.1, 0.15) is 11.3 Å². The summed E-state index contributed by atoms with van der Waals surface area (Å²) < 4.78 is 7.55. The van der Waals surface area contributed by atoms with Crippen LogP contribution >= 0.6 is 0 Å². The minimum atomic E-state index is 0.0645. The van der Waals surface area contributed by atoms with E-state index < -0.39 is 0 Å². The standard InChI is InChI=1S/C15H22N4O2/c1-4-10-21-12-7-5-6-11-14(12)17-15(16)19(11)9-8-13(20)18(2)3/h5-7H,4,8-10H2,1-3H3,(H2,16,17). The van der Waals surface area contributed by atoms with Gasteiger partial charge >= 0.3 is 0 Å². The molecule has 0 aliphatic rings. The lowest BCUT2D eigenvalue weighted by atomic mass is 10.3. The van der Waals surface area contributed by atoms with E-state index in [0.29, 0.717) is 25.5 Å². The minimum absolute atomic E-state index is 0.0645. The molecule has 2 rings (SSSR count). The molecule has 1 amide bonds. The van der Waals surface area contributed by atoms with Gasteiger partial charge in [-0.25, -0.2) is 4.98 Å². The van der Waals surface area contributed by atoms with Crippen molar-refractivity contribution >= 4 is 22.9 Å². The second kappa shape index (κ2) is 6.47. The average Bonchev–Trinajstić information content (AvgIpc) is 2.78. The summed E-state index contributed by atoms with van der Waals surface area (Å²) in [6.07, 6.45) is 1.33. The summed E-state index contributed by atoms with van der Waals surface area (Å²) in [5.41, 5.74) is 7.63. The highest BCUT2D eigenvalue weighted by Gasteiger charge is 2.13. The van der Waals surface area contributed by atoms with Gasteiger partial charge in [-0.1, -0.05) is 13.0 Å². The number of aryl methyl sites for hydroxylation is 1. The van der Waals surface area contributed by atoms with Crippen LogP contribution in [0.15, 0.2) is 18.2 Å². The molecule has 0 radical (unpaired) electrons. The fourth-order valence-corrected chi connectivity index (χ4v) is 2.13. The summed E-state index contributed by atoms with van der Waals surface area (Å²) >= 11 is 0. The third-order valence-corrected chi connectivity index (χ3v) is 3.28. The number of benzene rings is 1. The van der Waals surface area contributed by atoms with Crippen LogP contribution in [-0.2, 0) is 11.3 Å². The van der Waals surface area contributed by atoms with Gasteiger partial charge in [0.05, 0.1) is 12.1 Å². The normalized spacial score (nSPS) is 10.8. The van der Waals surface area contributed by atoms with E-state index in [9.17, 15) is 4.79 Å². The van der Waals surface area contributed by atoms with Gasteiger partial charge in [-0.3, -0.25) is 4.79 Å². The highest BCUT2D eigenvalue weighted by atomic mass is 16.5. The predicted octanol–water partition coefficient (Wildman–Crippen LogP) is 1.89. The molecule has 1 aromatic carbocycles. The molecule has 1 aromatic heterocycles. The number of nitrogens with two attached hydrogens (primary N) is 1. The molecule has 0 aliphatic carbocycles.